The normalized spacial score (nSPS) is 10.3. The largest absolute Gasteiger partial charge is 0.496 e. The molecular weight excluding hydrogens is 242 g/mol. The Morgan fingerprint density at radius 3 is 2.74 bits per heavy atom. The second-order valence-corrected chi connectivity index (χ2v) is 4.14. The monoisotopic (exact) mass is 259 g/mol. The Kier molecular flexibility index (Phi) is 3.90. The number of nitrogens with one attached hydrogen (secondary N) is 1. The maximum atomic E-state index is 11.8. The Morgan fingerprint density at radius 1 is 1.32 bits per heavy atom. The van der Waals surface area contributed by atoms with E-state index >= 15 is 0 Å². The van der Waals surface area contributed by atoms with Crippen LogP contribution in [0.15, 0.2) is 30.3 Å². The summed E-state index contributed by atoms with van der Waals surface area (Å²) < 4.78 is 10.3. The zero-order valence-corrected chi connectivity index (χ0v) is 11.3. The molecule has 1 aromatic carbocycles. The van der Waals surface area contributed by atoms with Gasteiger partial charge in [-0.15, -0.1) is 0 Å². The molecule has 0 saturated carbocycles. The van der Waals surface area contributed by atoms with Crippen LogP contribution in [0.5, 0.6) is 5.75 Å². The molecule has 100 valence electrons. The lowest BCUT2D eigenvalue weighted by Gasteiger charge is -2.05. The van der Waals surface area contributed by atoms with Gasteiger partial charge in [0.05, 0.1) is 25.0 Å². The number of hydrogen-bond acceptors (Lipinski definition) is 3. The number of esters is 1. The van der Waals surface area contributed by atoms with Gasteiger partial charge in [0.2, 0.25) is 0 Å². The standard InChI is InChI=1S/C15H17NO3/c1-4-19-15(17)12-9-13(16-10(12)2)11-7-5-6-8-14(11)18-3/h5-9,16H,4H2,1-3H3. The van der Waals surface area contributed by atoms with Crippen molar-refractivity contribution in [1.29, 1.82) is 0 Å². The second kappa shape index (κ2) is 5.61. The summed E-state index contributed by atoms with van der Waals surface area (Å²) in [5, 5.41) is 0. The number of aromatic amines is 1. The van der Waals surface area contributed by atoms with Crippen LogP contribution in [0.3, 0.4) is 0 Å². The number of aryl methyl sites for hydroxylation is 1. The van der Waals surface area contributed by atoms with Crippen LogP contribution in [0.1, 0.15) is 23.0 Å². The second-order valence-electron chi connectivity index (χ2n) is 4.14. The summed E-state index contributed by atoms with van der Waals surface area (Å²) in [6.45, 7) is 4.01. The molecule has 1 heterocycles. The SMILES string of the molecule is CCOC(=O)c1cc(-c2ccccc2OC)[nH]c1C. The number of para-hydroxylation sites is 1. The molecule has 0 saturated heterocycles. The lowest BCUT2D eigenvalue weighted by molar-refractivity contribution is 0.0526. The van der Waals surface area contributed by atoms with Gasteiger partial charge in [0.1, 0.15) is 5.75 Å². The molecule has 0 atom stereocenters. The third kappa shape index (κ3) is 2.62. The Bertz CT molecular complexity index is 587. The molecule has 0 amide bonds. The van der Waals surface area contributed by atoms with E-state index in [0.717, 1.165) is 22.7 Å². The fourth-order valence-electron chi connectivity index (χ4n) is 1.99. The zero-order valence-electron chi connectivity index (χ0n) is 11.3. The first-order valence-corrected chi connectivity index (χ1v) is 6.17. The van der Waals surface area contributed by atoms with Crippen molar-refractivity contribution in [3.63, 3.8) is 0 Å². The maximum Gasteiger partial charge on any atom is 0.339 e. The maximum absolute atomic E-state index is 11.8. The van der Waals surface area contributed by atoms with Gasteiger partial charge in [-0.3, -0.25) is 0 Å². The molecule has 2 rings (SSSR count). The van der Waals surface area contributed by atoms with Gasteiger partial charge in [-0.2, -0.15) is 0 Å². The molecule has 1 N–H and O–H groups in total. The van der Waals surface area contributed by atoms with Gasteiger partial charge < -0.3 is 14.5 Å². The van der Waals surface area contributed by atoms with E-state index in [1.54, 1.807) is 20.1 Å². The van der Waals surface area contributed by atoms with Crippen molar-refractivity contribution in [1.82, 2.24) is 4.98 Å². The van der Waals surface area contributed by atoms with Crippen molar-refractivity contribution >= 4 is 5.97 Å². The van der Waals surface area contributed by atoms with Crippen molar-refractivity contribution < 1.29 is 14.3 Å². The molecule has 4 heteroatoms. The number of methoxy groups -OCH3 is 1. The van der Waals surface area contributed by atoms with E-state index in [4.69, 9.17) is 9.47 Å². The third-order valence-corrected chi connectivity index (χ3v) is 2.91. The van der Waals surface area contributed by atoms with Crippen LogP contribution in [0.2, 0.25) is 0 Å². The molecule has 0 aliphatic heterocycles. The number of rotatable bonds is 4. The first-order valence-electron chi connectivity index (χ1n) is 6.17. The summed E-state index contributed by atoms with van der Waals surface area (Å²) >= 11 is 0. The first kappa shape index (κ1) is 13.2. The van der Waals surface area contributed by atoms with Crippen molar-refractivity contribution in [2.75, 3.05) is 13.7 Å². The van der Waals surface area contributed by atoms with Crippen LogP contribution in [-0.4, -0.2) is 24.7 Å². The zero-order chi connectivity index (χ0) is 13.8. The third-order valence-electron chi connectivity index (χ3n) is 2.91. The molecule has 0 aliphatic rings. The average Bonchev–Trinajstić information content (AvgIpc) is 2.81. The summed E-state index contributed by atoms with van der Waals surface area (Å²) in [5.41, 5.74) is 3.11. The van der Waals surface area contributed by atoms with Gasteiger partial charge in [-0.25, -0.2) is 4.79 Å². The molecule has 1 aromatic heterocycles. The van der Waals surface area contributed by atoms with Gasteiger partial charge >= 0.3 is 5.97 Å². The van der Waals surface area contributed by atoms with Gasteiger partial charge in [0, 0.05) is 11.3 Å². The molecule has 4 nitrogen and oxygen atoms in total. The minimum absolute atomic E-state index is 0.308. The van der Waals surface area contributed by atoms with E-state index in [-0.39, 0.29) is 5.97 Å². The lowest BCUT2D eigenvalue weighted by Crippen LogP contribution is -2.04. The Balaban J connectivity index is 2.42. The number of carbonyl (C=O) groups is 1. The van der Waals surface area contributed by atoms with E-state index in [1.165, 1.54) is 0 Å². The van der Waals surface area contributed by atoms with E-state index in [1.807, 2.05) is 31.2 Å². The van der Waals surface area contributed by atoms with Crippen molar-refractivity contribution in [3.8, 4) is 17.0 Å². The van der Waals surface area contributed by atoms with Crippen LogP contribution in [-0.2, 0) is 4.74 Å². The number of aromatic nitrogens is 1. The minimum Gasteiger partial charge on any atom is -0.496 e. The number of H-pyrrole nitrogens is 1. The molecule has 0 unspecified atom stereocenters. The van der Waals surface area contributed by atoms with Crippen LogP contribution < -0.4 is 4.74 Å². The van der Waals surface area contributed by atoms with Crippen molar-refractivity contribution in [2.45, 2.75) is 13.8 Å². The molecule has 0 aliphatic carbocycles. The number of ether oxygens (including phenoxy) is 2. The summed E-state index contributed by atoms with van der Waals surface area (Å²) in [6.07, 6.45) is 0. The minimum atomic E-state index is -0.308. The van der Waals surface area contributed by atoms with Crippen LogP contribution >= 0.6 is 0 Å². The van der Waals surface area contributed by atoms with Crippen LogP contribution in [0.25, 0.3) is 11.3 Å². The smallest absolute Gasteiger partial charge is 0.339 e. The average molecular weight is 259 g/mol. The summed E-state index contributed by atoms with van der Waals surface area (Å²) in [6, 6.07) is 9.46. The highest BCUT2D eigenvalue weighted by molar-refractivity contribution is 5.92. The van der Waals surface area contributed by atoms with Crippen LogP contribution in [0.4, 0.5) is 0 Å². The van der Waals surface area contributed by atoms with Gasteiger partial charge in [0.15, 0.2) is 0 Å². The van der Waals surface area contributed by atoms with Crippen LogP contribution in [0, 0.1) is 6.92 Å². The highest BCUT2D eigenvalue weighted by atomic mass is 16.5. The highest BCUT2D eigenvalue weighted by Gasteiger charge is 2.16. The predicted octanol–water partition coefficient (Wildman–Crippen LogP) is 3.18. The molecule has 0 radical (unpaired) electrons. The van der Waals surface area contributed by atoms with E-state index < -0.39 is 0 Å². The molecule has 2 aromatic rings. The van der Waals surface area contributed by atoms with Gasteiger partial charge in [0.25, 0.3) is 0 Å². The van der Waals surface area contributed by atoms with E-state index in [2.05, 4.69) is 4.98 Å². The van der Waals surface area contributed by atoms with E-state index in [0.29, 0.717) is 12.2 Å². The van der Waals surface area contributed by atoms with Crippen molar-refractivity contribution in [2.24, 2.45) is 0 Å². The quantitative estimate of drug-likeness (QED) is 0.858. The predicted molar refractivity (Wildman–Crippen MR) is 73.5 cm³/mol. The topological polar surface area (TPSA) is 51.3 Å². The summed E-state index contributed by atoms with van der Waals surface area (Å²) in [5.74, 6) is 0.455. The molecule has 0 spiro atoms. The number of hydrogen-bond donors (Lipinski definition) is 1. The van der Waals surface area contributed by atoms with E-state index in [9.17, 15) is 4.79 Å². The van der Waals surface area contributed by atoms with Crippen molar-refractivity contribution in [3.05, 3.63) is 41.6 Å². The van der Waals surface area contributed by atoms with Gasteiger partial charge in [-0.1, -0.05) is 12.1 Å². The molecule has 19 heavy (non-hydrogen) atoms. The first-order chi connectivity index (χ1) is 9.17. The number of carbonyl (C=O) groups excluding carboxylic acids is 1. The summed E-state index contributed by atoms with van der Waals surface area (Å²) in [7, 11) is 1.63. The molecular formula is C15H17NO3. The Hall–Kier alpha value is -2.23. The fourth-order valence-corrected chi connectivity index (χ4v) is 1.99. The lowest BCUT2D eigenvalue weighted by atomic mass is 10.1. The Morgan fingerprint density at radius 2 is 2.05 bits per heavy atom. The van der Waals surface area contributed by atoms with Gasteiger partial charge in [-0.05, 0) is 32.0 Å². The number of benzene rings is 1. The summed E-state index contributed by atoms with van der Waals surface area (Å²) in [4.78, 5) is 15.0. The highest BCUT2D eigenvalue weighted by Crippen LogP contribution is 2.30. The fraction of sp³-hybridized carbons (Fsp3) is 0.267. The molecule has 0 fully saturated rings. The Labute approximate surface area is 112 Å². The molecule has 0 bridgehead atoms.